The Balaban J connectivity index is 2.06. The lowest BCUT2D eigenvalue weighted by Crippen LogP contribution is -2.31. The van der Waals surface area contributed by atoms with Crippen LogP contribution in [0.3, 0.4) is 0 Å². The summed E-state index contributed by atoms with van der Waals surface area (Å²) in [5, 5.41) is 0. The van der Waals surface area contributed by atoms with E-state index in [0.29, 0.717) is 25.4 Å². The summed E-state index contributed by atoms with van der Waals surface area (Å²) < 4.78 is 18.1. The van der Waals surface area contributed by atoms with Gasteiger partial charge in [0.05, 0.1) is 31.7 Å². The molecule has 3 aromatic rings. The quantitative estimate of drug-likeness (QED) is 0.566. The molecule has 156 valence electrons. The molecule has 0 atom stereocenters. The van der Waals surface area contributed by atoms with Crippen LogP contribution in [-0.4, -0.2) is 61.9 Å². The van der Waals surface area contributed by atoms with Gasteiger partial charge in [-0.3, -0.25) is 4.90 Å². The molecule has 7 nitrogen and oxygen atoms in total. The van der Waals surface area contributed by atoms with Crippen LogP contribution in [0.1, 0.15) is 11.3 Å². The van der Waals surface area contributed by atoms with Crippen LogP contribution in [0.25, 0.3) is 16.9 Å². The Kier molecular flexibility index (Phi) is 7.09. The lowest BCUT2D eigenvalue weighted by atomic mass is 10.1. The van der Waals surface area contributed by atoms with Gasteiger partial charge < -0.3 is 24.3 Å². The van der Waals surface area contributed by atoms with Crippen molar-refractivity contribution in [1.82, 2.24) is 14.3 Å². The summed E-state index contributed by atoms with van der Waals surface area (Å²) in [5.41, 5.74) is 11.8. The van der Waals surface area contributed by atoms with Gasteiger partial charge in [-0.15, -0.1) is 0 Å². The van der Waals surface area contributed by atoms with E-state index >= 15 is 0 Å². The van der Waals surface area contributed by atoms with E-state index in [1.165, 1.54) is 0 Å². The van der Waals surface area contributed by atoms with Crippen molar-refractivity contribution in [2.45, 2.75) is 13.5 Å². The Labute approximate surface area is 172 Å². The number of imidazole rings is 1. The molecule has 0 unspecified atom stereocenters. The highest BCUT2D eigenvalue weighted by atomic mass is 16.5. The van der Waals surface area contributed by atoms with Gasteiger partial charge in [0.25, 0.3) is 0 Å². The van der Waals surface area contributed by atoms with Gasteiger partial charge in [0.1, 0.15) is 11.4 Å². The molecule has 7 heteroatoms. The van der Waals surface area contributed by atoms with Gasteiger partial charge in [-0.1, -0.05) is 0 Å². The molecular weight excluding hydrogens is 368 g/mol. The van der Waals surface area contributed by atoms with E-state index in [9.17, 15) is 0 Å². The zero-order chi connectivity index (χ0) is 20.8. The molecule has 0 fully saturated rings. The standard InChI is InChI=1S/C22H30N4O3/c1-16-13-17(5-7-20(16)29-4)22-19(15-25(9-11-27-2)10-12-28-3)26-14-18(23)6-8-21(26)24-22/h5-8,13-14H,9-12,15,23H2,1-4H3. The zero-order valence-electron chi connectivity index (χ0n) is 17.6. The third kappa shape index (κ3) is 4.87. The maximum atomic E-state index is 6.08. The molecule has 0 amide bonds. The van der Waals surface area contributed by atoms with E-state index in [1.54, 1.807) is 21.3 Å². The van der Waals surface area contributed by atoms with Gasteiger partial charge in [-0.2, -0.15) is 0 Å². The summed E-state index contributed by atoms with van der Waals surface area (Å²) in [6.07, 6.45) is 1.93. The Bertz CT molecular complexity index is 947. The van der Waals surface area contributed by atoms with E-state index in [1.807, 2.05) is 31.3 Å². The number of nitrogen functional groups attached to an aromatic ring is 1. The average Bonchev–Trinajstić information content (AvgIpc) is 3.07. The van der Waals surface area contributed by atoms with E-state index < -0.39 is 0 Å². The average molecular weight is 399 g/mol. The molecule has 0 radical (unpaired) electrons. The van der Waals surface area contributed by atoms with Crippen molar-refractivity contribution in [1.29, 1.82) is 0 Å². The summed E-state index contributed by atoms with van der Waals surface area (Å²) in [4.78, 5) is 7.22. The molecule has 2 N–H and O–H groups in total. The first-order valence-electron chi connectivity index (χ1n) is 9.69. The molecule has 0 aliphatic carbocycles. The zero-order valence-corrected chi connectivity index (χ0v) is 17.6. The Morgan fingerprint density at radius 3 is 2.38 bits per heavy atom. The Morgan fingerprint density at radius 1 is 1.03 bits per heavy atom. The number of nitrogens with two attached hydrogens (primary N) is 1. The SMILES string of the molecule is COCCN(CCOC)Cc1c(-c2ccc(OC)c(C)c2)nc2ccc(N)cn12. The number of hydrogen-bond acceptors (Lipinski definition) is 6. The van der Waals surface area contributed by atoms with Crippen molar-refractivity contribution in [3.63, 3.8) is 0 Å². The highest BCUT2D eigenvalue weighted by Gasteiger charge is 2.18. The van der Waals surface area contributed by atoms with Crippen molar-refractivity contribution in [3.05, 3.63) is 47.8 Å². The monoisotopic (exact) mass is 398 g/mol. The van der Waals surface area contributed by atoms with Gasteiger partial charge >= 0.3 is 0 Å². The van der Waals surface area contributed by atoms with E-state index in [0.717, 1.165) is 47.0 Å². The number of hydrogen-bond donors (Lipinski definition) is 1. The minimum absolute atomic E-state index is 0.652. The molecule has 1 aromatic carbocycles. The molecular formula is C22H30N4O3. The predicted octanol–water partition coefficient (Wildman–Crippen LogP) is 3.00. The first kappa shape index (κ1) is 21.1. The van der Waals surface area contributed by atoms with Crippen LogP contribution >= 0.6 is 0 Å². The van der Waals surface area contributed by atoms with Crippen molar-refractivity contribution in [2.24, 2.45) is 0 Å². The number of fused-ring (bicyclic) bond motifs is 1. The van der Waals surface area contributed by atoms with Gasteiger partial charge in [0.15, 0.2) is 0 Å². The highest BCUT2D eigenvalue weighted by Crippen LogP contribution is 2.30. The maximum absolute atomic E-state index is 6.08. The number of ether oxygens (including phenoxy) is 3. The highest BCUT2D eigenvalue weighted by molar-refractivity contribution is 5.69. The Hall–Kier alpha value is -2.61. The summed E-state index contributed by atoms with van der Waals surface area (Å²) in [6.45, 7) is 5.66. The second kappa shape index (κ2) is 9.73. The molecule has 29 heavy (non-hydrogen) atoms. The van der Waals surface area contributed by atoms with E-state index in [2.05, 4.69) is 21.4 Å². The molecule has 2 heterocycles. The molecule has 0 saturated heterocycles. The number of rotatable bonds is 10. The topological polar surface area (TPSA) is 74.2 Å². The second-order valence-electron chi connectivity index (χ2n) is 7.04. The molecule has 3 rings (SSSR count). The molecule has 0 saturated carbocycles. The van der Waals surface area contributed by atoms with E-state index in [4.69, 9.17) is 24.9 Å². The second-order valence-corrected chi connectivity index (χ2v) is 7.04. The van der Waals surface area contributed by atoms with Crippen LogP contribution in [0.2, 0.25) is 0 Å². The summed E-state index contributed by atoms with van der Waals surface area (Å²) in [7, 11) is 5.12. The van der Waals surface area contributed by atoms with Gasteiger partial charge in [-0.05, 0) is 42.8 Å². The van der Waals surface area contributed by atoms with Gasteiger partial charge in [0, 0.05) is 51.3 Å². The minimum Gasteiger partial charge on any atom is -0.496 e. The number of anilines is 1. The fourth-order valence-electron chi connectivity index (χ4n) is 3.44. The minimum atomic E-state index is 0.652. The fourth-order valence-corrected chi connectivity index (χ4v) is 3.44. The number of aryl methyl sites for hydroxylation is 1. The third-order valence-electron chi connectivity index (χ3n) is 5.01. The molecule has 0 aliphatic rings. The number of aromatic nitrogens is 2. The van der Waals surface area contributed by atoms with Gasteiger partial charge in [0.2, 0.25) is 0 Å². The number of pyridine rings is 1. The largest absolute Gasteiger partial charge is 0.496 e. The lowest BCUT2D eigenvalue weighted by molar-refractivity contribution is 0.109. The summed E-state index contributed by atoms with van der Waals surface area (Å²) in [5.74, 6) is 0.866. The van der Waals surface area contributed by atoms with Crippen molar-refractivity contribution >= 4 is 11.3 Å². The number of benzene rings is 1. The maximum Gasteiger partial charge on any atom is 0.137 e. The van der Waals surface area contributed by atoms with Crippen LogP contribution in [0, 0.1) is 6.92 Å². The summed E-state index contributed by atoms with van der Waals surface area (Å²) >= 11 is 0. The first-order chi connectivity index (χ1) is 14.1. The van der Waals surface area contributed by atoms with Crippen molar-refractivity contribution in [2.75, 3.05) is 53.4 Å². The fraction of sp³-hybridized carbons (Fsp3) is 0.409. The smallest absolute Gasteiger partial charge is 0.137 e. The van der Waals surface area contributed by atoms with Crippen LogP contribution < -0.4 is 10.5 Å². The molecule has 0 aliphatic heterocycles. The Morgan fingerprint density at radius 2 is 1.76 bits per heavy atom. The predicted molar refractivity (Wildman–Crippen MR) is 115 cm³/mol. The number of methoxy groups -OCH3 is 3. The molecule has 0 spiro atoms. The van der Waals surface area contributed by atoms with Gasteiger partial charge in [-0.25, -0.2) is 4.98 Å². The summed E-state index contributed by atoms with van der Waals surface area (Å²) in [6, 6.07) is 9.98. The van der Waals surface area contributed by atoms with Crippen molar-refractivity contribution < 1.29 is 14.2 Å². The molecule has 2 aromatic heterocycles. The van der Waals surface area contributed by atoms with Crippen LogP contribution in [0.5, 0.6) is 5.75 Å². The third-order valence-corrected chi connectivity index (χ3v) is 5.01. The first-order valence-corrected chi connectivity index (χ1v) is 9.69. The van der Waals surface area contributed by atoms with Crippen LogP contribution in [0.15, 0.2) is 36.5 Å². The normalized spacial score (nSPS) is 11.5. The van der Waals surface area contributed by atoms with Crippen LogP contribution in [0.4, 0.5) is 5.69 Å². The number of nitrogens with zero attached hydrogens (tertiary/aromatic N) is 3. The lowest BCUT2D eigenvalue weighted by Gasteiger charge is -2.22. The van der Waals surface area contributed by atoms with Crippen LogP contribution in [-0.2, 0) is 16.0 Å². The van der Waals surface area contributed by atoms with Crippen molar-refractivity contribution in [3.8, 4) is 17.0 Å². The van der Waals surface area contributed by atoms with E-state index in [-0.39, 0.29) is 0 Å². The molecule has 0 bridgehead atoms.